The number of sulfonamides is 1. The smallest absolute Gasteiger partial charge is 0.210 e. The fourth-order valence-corrected chi connectivity index (χ4v) is 4.19. The Kier molecular flexibility index (Phi) is 5.46. The van der Waals surface area contributed by atoms with Crippen molar-refractivity contribution in [3.63, 3.8) is 0 Å². The van der Waals surface area contributed by atoms with Crippen LogP contribution in [0.25, 0.3) is 0 Å². The van der Waals surface area contributed by atoms with Crippen LogP contribution in [-0.2, 0) is 10.0 Å². The van der Waals surface area contributed by atoms with Crippen molar-refractivity contribution in [1.82, 2.24) is 4.72 Å². The average molecular weight is 290 g/mol. The van der Waals surface area contributed by atoms with Crippen molar-refractivity contribution in [2.24, 2.45) is 5.92 Å². The Morgan fingerprint density at radius 3 is 2.82 bits per heavy atom. The van der Waals surface area contributed by atoms with E-state index in [1.54, 1.807) is 11.8 Å². The van der Waals surface area contributed by atoms with Gasteiger partial charge in [0.1, 0.15) is 15.2 Å². The topological polar surface area (TPSA) is 70.0 Å². The molecule has 1 aromatic rings. The van der Waals surface area contributed by atoms with E-state index in [4.69, 9.17) is 5.26 Å². The van der Waals surface area contributed by atoms with E-state index in [0.29, 0.717) is 11.4 Å². The first kappa shape index (κ1) is 14.5. The fraction of sp³-hybridized carbons (Fsp3) is 0.500. The van der Waals surface area contributed by atoms with Gasteiger partial charge in [0.25, 0.3) is 0 Å². The molecule has 4 nitrogen and oxygen atoms in total. The van der Waals surface area contributed by atoms with Crippen LogP contribution in [0.15, 0.2) is 16.3 Å². The van der Waals surface area contributed by atoms with Crippen molar-refractivity contribution < 1.29 is 8.42 Å². The molecule has 1 unspecified atom stereocenters. The largest absolute Gasteiger partial charge is 0.250 e. The quantitative estimate of drug-likeness (QED) is 0.868. The van der Waals surface area contributed by atoms with Crippen molar-refractivity contribution in [1.29, 1.82) is 5.26 Å². The number of hydrogen-bond donors (Lipinski definition) is 1. The highest BCUT2D eigenvalue weighted by Gasteiger charge is 2.17. The van der Waals surface area contributed by atoms with E-state index in [2.05, 4.69) is 4.72 Å². The highest BCUT2D eigenvalue weighted by molar-refractivity contribution is 7.98. The Morgan fingerprint density at radius 1 is 1.59 bits per heavy atom. The van der Waals surface area contributed by atoms with Gasteiger partial charge in [-0.2, -0.15) is 17.0 Å². The van der Waals surface area contributed by atoms with Crippen LogP contribution in [0, 0.1) is 17.2 Å². The lowest BCUT2D eigenvalue weighted by atomic mass is 10.2. The lowest BCUT2D eigenvalue weighted by Crippen LogP contribution is -2.28. The number of thioether (sulfide) groups is 1. The first-order valence-electron chi connectivity index (χ1n) is 4.98. The van der Waals surface area contributed by atoms with Gasteiger partial charge in [0.2, 0.25) is 10.0 Å². The maximum absolute atomic E-state index is 11.9. The number of hydrogen-bond acceptors (Lipinski definition) is 5. The molecule has 0 aliphatic rings. The molecule has 0 aliphatic heterocycles. The predicted molar refractivity (Wildman–Crippen MR) is 71.8 cm³/mol. The lowest BCUT2D eigenvalue weighted by molar-refractivity contribution is 0.564. The summed E-state index contributed by atoms with van der Waals surface area (Å²) in [7, 11) is -3.45. The molecule has 1 rings (SSSR count). The van der Waals surface area contributed by atoms with E-state index in [1.165, 1.54) is 12.1 Å². The minimum Gasteiger partial charge on any atom is -0.210 e. The molecule has 0 bridgehead atoms. The summed E-state index contributed by atoms with van der Waals surface area (Å²) in [6.07, 6.45) is 1.99. The highest BCUT2D eigenvalue weighted by Crippen LogP contribution is 2.20. The second-order valence-electron chi connectivity index (χ2n) is 3.64. The Balaban J connectivity index is 2.66. The SMILES string of the molecule is CSCC(C)CNS(=O)(=O)c1ccc(C#N)s1. The molecule has 0 radical (unpaired) electrons. The van der Waals surface area contributed by atoms with Crippen molar-refractivity contribution in [2.45, 2.75) is 11.1 Å². The zero-order valence-corrected chi connectivity index (χ0v) is 12.1. The summed E-state index contributed by atoms with van der Waals surface area (Å²) in [5.41, 5.74) is 0. The second-order valence-corrected chi connectivity index (χ2v) is 7.63. The molecule has 0 aromatic carbocycles. The van der Waals surface area contributed by atoms with Crippen LogP contribution in [0.2, 0.25) is 0 Å². The maximum Gasteiger partial charge on any atom is 0.250 e. The van der Waals surface area contributed by atoms with Crippen LogP contribution in [0.4, 0.5) is 0 Å². The molecule has 1 N–H and O–H groups in total. The van der Waals surface area contributed by atoms with E-state index >= 15 is 0 Å². The molecule has 0 fully saturated rings. The normalized spacial score (nSPS) is 13.2. The molecule has 0 spiro atoms. The third kappa shape index (κ3) is 4.32. The standard InChI is InChI=1S/C10H14N2O2S3/c1-8(7-15-2)6-12-17(13,14)10-4-3-9(5-11)16-10/h3-4,8,12H,6-7H2,1-2H3. The average Bonchev–Trinajstić information content (AvgIpc) is 2.76. The molecule has 7 heteroatoms. The lowest BCUT2D eigenvalue weighted by Gasteiger charge is -2.10. The van der Waals surface area contributed by atoms with Crippen LogP contribution in [0.5, 0.6) is 0 Å². The second kappa shape index (κ2) is 6.40. The molecule has 0 aliphatic carbocycles. The van der Waals surface area contributed by atoms with Crippen molar-refractivity contribution >= 4 is 33.1 Å². The van der Waals surface area contributed by atoms with E-state index < -0.39 is 10.0 Å². The zero-order valence-electron chi connectivity index (χ0n) is 9.63. The van der Waals surface area contributed by atoms with E-state index in [9.17, 15) is 8.42 Å². The van der Waals surface area contributed by atoms with Crippen LogP contribution < -0.4 is 4.72 Å². The molecule has 17 heavy (non-hydrogen) atoms. The van der Waals surface area contributed by atoms with Gasteiger partial charge in [0.15, 0.2) is 0 Å². The molecule has 1 heterocycles. The van der Waals surface area contributed by atoms with Gasteiger partial charge in [-0.25, -0.2) is 13.1 Å². The van der Waals surface area contributed by atoms with Gasteiger partial charge in [0, 0.05) is 6.54 Å². The molecule has 1 aromatic heterocycles. The minimum absolute atomic E-state index is 0.199. The Hall–Kier alpha value is -0.550. The number of nitrogens with one attached hydrogen (secondary N) is 1. The van der Waals surface area contributed by atoms with Gasteiger partial charge in [0.05, 0.1) is 0 Å². The van der Waals surface area contributed by atoms with Crippen molar-refractivity contribution in [2.75, 3.05) is 18.6 Å². The van der Waals surface area contributed by atoms with Gasteiger partial charge < -0.3 is 0 Å². The fourth-order valence-electron chi connectivity index (χ4n) is 1.19. The minimum atomic E-state index is -3.45. The van der Waals surface area contributed by atoms with E-state index in [0.717, 1.165) is 17.1 Å². The molecular formula is C10H14N2O2S3. The van der Waals surface area contributed by atoms with Gasteiger partial charge in [-0.3, -0.25) is 0 Å². The molecule has 0 amide bonds. The van der Waals surface area contributed by atoms with Crippen LogP contribution in [0.1, 0.15) is 11.8 Å². The van der Waals surface area contributed by atoms with Gasteiger partial charge in [-0.15, -0.1) is 11.3 Å². The number of rotatable bonds is 6. The monoisotopic (exact) mass is 290 g/mol. The third-order valence-electron chi connectivity index (χ3n) is 2.03. The molecule has 0 saturated heterocycles. The number of nitriles is 1. The highest BCUT2D eigenvalue weighted by atomic mass is 32.2. The molecule has 94 valence electrons. The summed E-state index contributed by atoms with van der Waals surface area (Å²) in [4.78, 5) is 0.405. The van der Waals surface area contributed by atoms with Gasteiger partial charge in [-0.1, -0.05) is 6.92 Å². The molecule has 0 saturated carbocycles. The van der Waals surface area contributed by atoms with Gasteiger partial charge in [-0.05, 0) is 30.1 Å². The summed E-state index contributed by atoms with van der Waals surface area (Å²) >= 11 is 2.68. The van der Waals surface area contributed by atoms with Crippen molar-refractivity contribution in [3.8, 4) is 6.07 Å². The van der Waals surface area contributed by atoms with Crippen LogP contribution in [-0.4, -0.2) is 27.0 Å². The zero-order chi connectivity index (χ0) is 12.9. The first-order valence-corrected chi connectivity index (χ1v) is 8.67. The van der Waals surface area contributed by atoms with Crippen LogP contribution in [0.3, 0.4) is 0 Å². The van der Waals surface area contributed by atoms with E-state index in [1.807, 2.05) is 19.2 Å². The Bertz CT molecular complexity index is 502. The maximum atomic E-state index is 11.9. The van der Waals surface area contributed by atoms with Crippen molar-refractivity contribution in [3.05, 3.63) is 17.0 Å². The first-order chi connectivity index (χ1) is 7.99. The summed E-state index contributed by atoms with van der Waals surface area (Å²) in [5, 5.41) is 8.65. The summed E-state index contributed by atoms with van der Waals surface area (Å²) in [6.45, 7) is 2.41. The van der Waals surface area contributed by atoms with E-state index in [-0.39, 0.29) is 10.1 Å². The molecular weight excluding hydrogens is 276 g/mol. The number of nitrogens with zero attached hydrogens (tertiary/aromatic N) is 1. The summed E-state index contributed by atoms with van der Waals surface area (Å²) < 4.78 is 26.5. The third-order valence-corrected chi connectivity index (χ3v) is 5.84. The molecule has 1 atom stereocenters. The van der Waals surface area contributed by atoms with Crippen LogP contribution >= 0.6 is 23.1 Å². The summed E-state index contributed by atoms with van der Waals surface area (Å²) in [5.74, 6) is 1.20. The number of thiophene rings is 1. The van der Waals surface area contributed by atoms with Gasteiger partial charge >= 0.3 is 0 Å². The predicted octanol–water partition coefficient (Wildman–Crippen LogP) is 1.90. The summed E-state index contributed by atoms with van der Waals surface area (Å²) in [6, 6.07) is 4.91. The Labute approximate surface area is 110 Å². The Morgan fingerprint density at radius 2 is 2.29 bits per heavy atom.